The van der Waals surface area contributed by atoms with Gasteiger partial charge in [-0.15, -0.1) is 11.8 Å². The summed E-state index contributed by atoms with van der Waals surface area (Å²) >= 11 is 1.23. The summed E-state index contributed by atoms with van der Waals surface area (Å²) in [6.07, 6.45) is 0. The molecule has 1 aromatic rings. The molecule has 3 amide bonds. The molecule has 0 aromatic heterocycles. The van der Waals surface area contributed by atoms with Gasteiger partial charge in [-0.25, -0.2) is 4.79 Å². The molecule has 1 rings (SSSR count). The zero-order valence-electron chi connectivity index (χ0n) is 9.23. The van der Waals surface area contributed by atoms with Crippen LogP contribution in [-0.4, -0.2) is 23.5 Å². The highest BCUT2D eigenvalue weighted by molar-refractivity contribution is 8.00. The lowest BCUT2D eigenvalue weighted by Gasteiger charge is -2.03. The van der Waals surface area contributed by atoms with Gasteiger partial charge in [0.2, 0.25) is 5.91 Å². The molecule has 0 fully saturated rings. The Kier molecular flexibility index (Phi) is 4.71. The number of carbonyl (C=O) groups excluding carboxylic acids is 3. The Morgan fingerprint density at radius 2 is 2.06 bits per heavy atom. The first-order valence-electron chi connectivity index (χ1n) is 4.82. The van der Waals surface area contributed by atoms with Gasteiger partial charge in [0, 0.05) is 10.5 Å². The lowest BCUT2D eigenvalue weighted by Crippen LogP contribution is -2.36. The summed E-state index contributed by atoms with van der Waals surface area (Å²) in [4.78, 5) is 33.5. The molecule has 1 aromatic carbocycles. The van der Waals surface area contributed by atoms with Crippen molar-refractivity contribution in [2.75, 3.05) is 5.75 Å². The minimum atomic E-state index is -0.868. The van der Waals surface area contributed by atoms with Crippen LogP contribution in [0.2, 0.25) is 0 Å². The summed E-state index contributed by atoms with van der Waals surface area (Å²) in [5, 5.41) is 1.96. The van der Waals surface area contributed by atoms with E-state index in [0.717, 1.165) is 4.90 Å². The van der Waals surface area contributed by atoms with Crippen LogP contribution >= 0.6 is 11.8 Å². The summed E-state index contributed by atoms with van der Waals surface area (Å²) in [6.45, 7) is 1.48. The van der Waals surface area contributed by atoms with Crippen LogP contribution in [0.1, 0.15) is 17.3 Å². The molecule has 0 heterocycles. The number of thioether (sulfide) groups is 1. The van der Waals surface area contributed by atoms with E-state index < -0.39 is 11.9 Å². The molecule has 90 valence electrons. The van der Waals surface area contributed by atoms with Crippen molar-refractivity contribution in [1.82, 2.24) is 5.32 Å². The smallest absolute Gasteiger partial charge is 0.318 e. The number of hydrogen-bond acceptors (Lipinski definition) is 4. The lowest BCUT2D eigenvalue weighted by atomic mass is 10.2. The number of amides is 3. The van der Waals surface area contributed by atoms with Gasteiger partial charge in [0.05, 0.1) is 5.75 Å². The molecular formula is C11H12N2O3S. The molecule has 3 N–H and O–H groups in total. The zero-order chi connectivity index (χ0) is 12.8. The average molecular weight is 252 g/mol. The molecular weight excluding hydrogens is 240 g/mol. The highest BCUT2D eigenvalue weighted by atomic mass is 32.2. The number of benzene rings is 1. The number of nitrogens with one attached hydrogen (secondary N) is 1. The van der Waals surface area contributed by atoms with Crippen molar-refractivity contribution in [3.63, 3.8) is 0 Å². The number of nitrogens with two attached hydrogens (primary N) is 1. The van der Waals surface area contributed by atoms with E-state index in [1.165, 1.54) is 18.7 Å². The fourth-order valence-electron chi connectivity index (χ4n) is 1.13. The van der Waals surface area contributed by atoms with Gasteiger partial charge < -0.3 is 5.73 Å². The van der Waals surface area contributed by atoms with E-state index in [1.807, 2.05) is 5.32 Å². The highest BCUT2D eigenvalue weighted by Gasteiger charge is 2.06. The van der Waals surface area contributed by atoms with E-state index in [4.69, 9.17) is 5.73 Å². The average Bonchev–Trinajstić information content (AvgIpc) is 2.26. The van der Waals surface area contributed by atoms with Gasteiger partial charge in [-0.1, -0.05) is 12.1 Å². The molecule has 5 nitrogen and oxygen atoms in total. The number of rotatable bonds is 4. The van der Waals surface area contributed by atoms with E-state index >= 15 is 0 Å². The van der Waals surface area contributed by atoms with Crippen LogP contribution in [0, 0.1) is 0 Å². The number of hydrogen-bond donors (Lipinski definition) is 2. The predicted molar refractivity (Wildman–Crippen MR) is 64.9 cm³/mol. The van der Waals surface area contributed by atoms with Gasteiger partial charge in [0.15, 0.2) is 5.78 Å². The summed E-state index contributed by atoms with van der Waals surface area (Å²) in [5.74, 6) is -0.422. The molecule has 0 spiro atoms. The minimum absolute atomic E-state index is 0.0333. The first-order chi connectivity index (χ1) is 7.99. The maximum absolute atomic E-state index is 11.1. The third-order valence-electron chi connectivity index (χ3n) is 1.87. The van der Waals surface area contributed by atoms with Gasteiger partial charge in [0.1, 0.15) is 0 Å². The summed E-state index contributed by atoms with van der Waals surface area (Å²) < 4.78 is 0. The molecule has 17 heavy (non-hydrogen) atoms. The van der Waals surface area contributed by atoms with E-state index in [0.29, 0.717) is 5.56 Å². The Hall–Kier alpha value is -1.82. The summed E-state index contributed by atoms with van der Waals surface area (Å²) in [5.41, 5.74) is 5.39. The first-order valence-corrected chi connectivity index (χ1v) is 5.80. The molecule has 0 aliphatic carbocycles. The third-order valence-corrected chi connectivity index (χ3v) is 2.87. The van der Waals surface area contributed by atoms with Crippen molar-refractivity contribution >= 4 is 29.5 Å². The molecule has 0 aliphatic heterocycles. The molecule has 0 bridgehead atoms. The van der Waals surface area contributed by atoms with Crippen LogP contribution < -0.4 is 11.1 Å². The lowest BCUT2D eigenvalue weighted by molar-refractivity contribution is -0.117. The second-order valence-corrected chi connectivity index (χ2v) is 4.33. The quantitative estimate of drug-likeness (QED) is 0.622. The second kappa shape index (κ2) is 6.05. The number of imide groups is 1. The summed E-state index contributed by atoms with van der Waals surface area (Å²) in [6, 6.07) is 6.06. The molecule has 0 saturated heterocycles. The van der Waals surface area contributed by atoms with Crippen molar-refractivity contribution in [2.45, 2.75) is 11.8 Å². The Balaban J connectivity index is 2.57. The number of Topliss-reactive ketones (excluding diaryl/α,β-unsaturated/α-hetero) is 1. The largest absolute Gasteiger partial charge is 0.351 e. The van der Waals surface area contributed by atoms with Crippen LogP contribution in [-0.2, 0) is 4.79 Å². The topological polar surface area (TPSA) is 89.3 Å². The third kappa shape index (κ3) is 4.69. The van der Waals surface area contributed by atoms with Crippen molar-refractivity contribution in [3.05, 3.63) is 29.8 Å². The molecule has 0 atom stereocenters. The monoisotopic (exact) mass is 252 g/mol. The van der Waals surface area contributed by atoms with Crippen LogP contribution in [0.5, 0.6) is 0 Å². The Morgan fingerprint density at radius 1 is 1.35 bits per heavy atom. The minimum Gasteiger partial charge on any atom is -0.351 e. The van der Waals surface area contributed by atoms with Crippen molar-refractivity contribution in [1.29, 1.82) is 0 Å². The fraction of sp³-hybridized carbons (Fsp3) is 0.182. The van der Waals surface area contributed by atoms with E-state index in [-0.39, 0.29) is 11.5 Å². The van der Waals surface area contributed by atoms with Gasteiger partial charge in [-0.3, -0.25) is 14.9 Å². The van der Waals surface area contributed by atoms with E-state index in [1.54, 1.807) is 24.3 Å². The van der Waals surface area contributed by atoms with Gasteiger partial charge >= 0.3 is 6.03 Å². The second-order valence-electron chi connectivity index (χ2n) is 3.29. The first kappa shape index (κ1) is 13.2. The van der Waals surface area contributed by atoms with Gasteiger partial charge in [-0.2, -0.15) is 0 Å². The molecule has 0 unspecified atom stereocenters. The Labute approximate surface area is 103 Å². The summed E-state index contributed by atoms with van der Waals surface area (Å²) in [7, 11) is 0. The van der Waals surface area contributed by atoms with Crippen LogP contribution in [0.3, 0.4) is 0 Å². The maximum atomic E-state index is 11.1. The number of carbonyl (C=O) groups is 3. The predicted octanol–water partition coefficient (Wildman–Crippen LogP) is 1.18. The Bertz CT molecular complexity index is 460. The van der Waals surface area contributed by atoms with Crippen molar-refractivity contribution in [3.8, 4) is 0 Å². The van der Waals surface area contributed by atoms with Crippen LogP contribution in [0.15, 0.2) is 29.2 Å². The van der Waals surface area contributed by atoms with E-state index in [9.17, 15) is 14.4 Å². The number of ketones is 1. The SMILES string of the molecule is CC(=O)c1cccc(SCC(=O)NC(N)=O)c1. The molecule has 0 saturated carbocycles. The molecule has 0 radical (unpaired) electrons. The highest BCUT2D eigenvalue weighted by Crippen LogP contribution is 2.19. The maximum Gasteiger partial charge on any atom is 0.318 e. The normalized spacial score (nSPS) is 9.71. The van der Waals surface area contributed by atoms with Crippen LogP contribution in [0.25, 0.3) is 0 Å². The van der Waals surface area contributed by atoms with Gasteiger partial charge in [-0.05, 0) is 19.1 Å². The Morgan fingerprint density at radius 3 is 2.65 bits per heavy atom. The van der Waals surface area contributed by atoms with Crippen molar-refractivity contribution in [2.24, 2.45) is 5.73 Å². The van der Waals surface area contributed by atoms with E-state index in [2.05, 4.69) is 0 Å². The van der Waals surface area contributed by atoms with Crippen LogP contribution in [0.4, 0.5) is 4.79 Å². The molecule has 6 heteroatoms. The molecule has 0 aliphatic rings. The standard InChI is InChI=1S/C11H12N2O3S/c1-7(14)8-3-2-4-9(5-8)17-6-10(15)13-11(12)16/h2-5H,6H2,1H3,(H3,12,13,15,16). The van der Waals surface area contributed by atoms with Crippen molar-refractivity contribution < 1.29 is 14.4 Å². The zero-order valence-corrected chi connectivity index (χ0v) is 10.0. The number of urea groups is 1. The number of primary amides is 1. The fourth-order valence-corrected chi connectivity index (χ4v) is 1.88. The van der Waals surface area contributed by atoms with Gasteiger partial charge in [0.25, 0.3) is 0 Å².